The molecule has 0 radical (unpaired) electrons. The minimum Gasteiger partial charge on any atom is -0.468 e. The second-order valence-corrected chi connectivity index (χ2v) is 0.690. The van der Waals surface area contributed by atoms with Gasteiger partial charge in [0.25, 0.3) is 0 Å². The largest absolute Gasteiger partial charge is 0.468 e. The van der Waals surface area contributed by atoms with E-state index < -0.39 is 12.5 Å². The van der Waals surface area contributed by atoms with Crippen molar-refractivity contribution in [3.8, 4) is 0 Å². The summed E-state index contributed by atoms with van der Waals surface area (Å²) in [7, 11) is 1.19. The molecule has 2 N–H and O–H groups in total. The van der Waals surface area contributed by atoms with Crippen molar-refractivity contribution in [2.45, 2.75) is 0 Å². The number of carbonyl (C=O) groups excluding carboxylic acids is 1. The Labute approximate surface area is 37.5 Å². The number of hydrogen-bond acceptors (Lipinski definition) is 3. The third-order valence-corrected chi connectivity index (χ3v) is 0.337. The molecule has 0 unspecified atom stereocenters. The number of ether oxygens (including phenoxy) is 1. The van der Waals surface area contributed by atoms with Gasteiger partial charge < -0.3 is 10.5 Å². The first-order valence-corrected chi connectivity index (χ1v) is 1.44. The van der Waals surface area contributed by atoms with Crippen LogP contribution in [0.5, 0.6) is 0 Å². The Balaban J connectivity index is 3.35. The molecule has 0 heterocycles. The van der Waals surface area contributed by atoms with E-state index in [0.29, 0.717) is 0 Å². The number of esters is 1. The van der Waals surface area contributed by atoms with Gasteiger partial charge in [0.2, 0.25) is 0 Å². The summed E-state index contributed by atoms with van der Waals surface area (Å²) >= 11 is 0. The molecule has 3 nitrogen and oxygen atoms in total. The van der Waals surface area contributed by atoms with E-state index in [4.69, 9.17) is 7.10 Å². The number of nitrogens with two attached hydrogens (primary N) is 1. The highest BCUT2D eigenvalue weighted by molar-refractivity contribution is 5.70. The van der Waals surface area contributed by atoms with Crippen molar-refractivity contribution in [3.05, 3.63) is 0 Å². The third-order valence-electron chi connectivity index (χ3n) is 0.337. The van der Waals surface area contributed by atoms with Crippen molar-refractivity contribution < 1.29 is 10.9 Å². The second-order valence-electron chi connectivity index (χ2n) is 0.690. The molecule has 0 bridgehead atoms. The average Bonchev–Trinajstić information content (AvgIpc) is 1.65. The fourth-order valence-corrected chi connectivity index (χ4v) is 0.0680. The Hall–Kier alpha value is -0.570. The zero-order chi connectivity index (χ0) is 5.86. The van der Waals surface area contributed by atoms with Crippen LogP contribution in [-0.4, -0.2) is 19.6 Å². The van der Waals surface area contributed by atoms with Gasteiger partial charge in [-0.05, 0) is 0 Å². The zero-order valence-corrected chi connectivity index (χ0v) is 3.47. The first kappa shape index (κ1) is 3.61. The quantitative estimate of drug-likeness (QED) is 0.425. The molecule has 0 aliphatic heterocycles. The van der Waals surface area contributed by atoms with Gasteiger partial charge >= 0.3 is 5.97 Å². The van der Waals surface area contributed by atoms with Crippen LogP contribution in [0.2, 0.25) is 0 Å². The highest BCUT2D eigenvalue weighted by atomic mass is 16.5. The van der Waals surface area contributed by atoms with Crippen LogP contribution in [0.1, 0.15) is 1.37 Å². The highest BCUT2D eigenvalue weighted by Gasteiger charge is 1.87. The Morgan fingerprint density at radius 3 is 2.83 bits per heavy atom. The smallest absolute Gasteiger partial charge is 0.319 e. The number of methoxy groups -OCH3 is 1. The Morgan fingerprint density at radius 1 is 2.33 bits per heavy atom. The molecule has 3 heteroatoms. The van der Waals surface area contributed by atoms with E-state index in [9.17, 15) is 4.79 Å². The standard InChI is InChI=1S/C3H7NO2/c1-6-3(5)2-4/h2,4H2,1H3/i2D/t2-/m0/s1. The molecule has 1 atom stereocenters. The van der Waals surface area contributed by atoms with Gasteiger partial charge in [-0.15, -0.1) is 0 Å². The summed E-state index contributed by atoms with van der Waals surface area (Å²) in [4.78, 5) is 9.98. The maximum atomic E-state index is 9.98. The van der Waals surface area contributed by atoms with Crippen molar-refractivity contribution in [1.29, 1.82) is 0 Å². The Bertz CT molecular complexity index is 73.3. The van der Waals surface area contributed by atoms with Crippen molar-refractivity contribution in [1.82, 2.24) is 0 Å². The van der Waals surface area contributed by atoms with E-state index in [0.717, 1.165) is 0 Å². The molecule has 0 spiro atoms. The molecule has 36 valence electrons. The topological polar surface area (TPSA) is 52.3 Å². The maximum Gasteiger partial charge on any atom is 0.319 e. The number of hydrogen-bond donors (Lipinski definition) is 1. The van der Waals surface area contributed by atoms with Crippen LogP contribution in [0.4, 0.5) is 0 Å². The van der Waals surface area contributed by atoms with Crippen LogP contribution in [-0.2, 0) is 9.53 Å². The molecule has 6 heavy (non-hydrogen) atoms. The summed E-state index contributed by atoms with van der Waals surface area (Å²) in [6, 6.07) is 0. The van der Waals surface area contributed by atoms with E-state index in [1.54, 1.807) is 0 Å². The van der Waals surface area contributed by atoms with Gasteiger partial charge in [0.05, 0.1) is 15.0 Å². The first-order chi connectivity index (χ1) is 3.18. The van der Waals surface area contributed by atoms with Crippen LogP contribution < -0.4 is 5.73 Å². The van der Waals surface area contributed by atoms with Crippen LogP contribution >= 0.6 is 0 Å². The molecular formula is C3H7NO2. The van der Waals surface area contributed by atoms with Crippen LogP contribution in [0.25, 0.3) is 0 Å². The van der Waals surface area contributed by atoms with Crippen LogP contribution in [0.15, 0.2) is 0 Å². The van der Waals surface area contributed by atoms with Crippen LogP contribution in [0, 0.1) is 0 Å². The molecule has 0 saturated carbocycles. The molecule has 0 aliphatic carbocycles. The lowest BCUT2D eigenvalue weighted by atomic mass is 10.7. The van der Waals surface area contributed by atoms with Crippen molar-refractivity contribution in [2.75, 3.05) is 13.6 Å². The minimum absolute atomic E-state index is 0.708. The predicted octanol–water partition coefficient (Wildman–Crippen LogP) is -0.882. The molecular weight excluding hydrogens is 82.0 g/mol. The predicted molar refractivity (Wildman–Crippen MR) is 21.1 cm³/mol. The average molecular weight is 90.1 g/mol. The van der Waals surface area contributed by atoms with E-state index in [-0.39, 0.29) is 0 Å². The van der Waals surface area contributed by atoms with E-state index in [1.807, 2.05) is 0 Å². The monoisotopic (exact) mass is 90.1 g/mol. The fourth-order valence-electron chi connectivity index (χ4n) is 0.0680. The summed E-state index contributed by atoms with van der Waals surface area (Å²) in [5.41, 5.74) is 4.74. The normalized spacial score (nSPS) is 15.3. The zero-order valence-electron chi connectivity index (χ0n) is 4.47. The van der Waals surface area contributed by atoms with Gasteiger partial charge in [-0.3, -0.25) is 4.79 Å². The lowest BCUT2D eigenvalue weighted by Gasteiger charge is -1.87. The van der Waals surface area contributed by atoms with Gasteiger partial charge in [-0.2, -0.15) is 0 Å². The summed E-state index contributed by atoms with van der Waals surface area (Å²) in [5, 5.41) is 0. The molecule has 0 aromatic carbocycles. The van der Waals surface area contributed by atoms with Gasteiger partial charge in [0, 0.05) is 0 Å². The molecule has 0 aromatic rings. The van der Waals surface area contributed by atoms with Gasteiger partial charge in [-0.25, -0.2) is 0 Å². The van der Waals surface area contributed by atoms with Crippen molar-refractivity contribution >= 4 is 5.97 Å². The van der Waals surface area contributed by atoms with E-state index in [2.05, 4.69) is 4.74 Å². The van der Waals surface area contributed by atoms with Gasteiger partial charge in [-0.1, -0.05) is 0 Å². The SMILES string of the molecule is [2H][C@H](N)C(=O)OC. The van der Waals surface area contributed by atoms with E-state index >= 15 is 0 Å². The van der Waals surface area contributed by atoms with E-state index in [1.165, 1.54) is 7.11 Å². The van der Waals surface area contributed by atoms with Crippen molar-refractivity contribution in [2.24, 2.45) is 5.73 Å². The third kappa shape index (κ3) is 1.72. The summed E-state index contributed by atoms with van der Waals surface area (Å²) in [5.74, 6) is -0.708. The molecule has 0 fully saturated rings. The number of rotatable bonds is 1. The lowest BCUT2D eigenvalue weighted by molar-refractivity contribution is -0.138. The highest BCUT2D eigenvalue weighted by Crippen LogP contribution is 1.61. The molecule has 0 saturated heterocycles. The number of carbonyl (C=O) groups is 1. The van der Waals surface area contributed by atoms with Gasteiger partial charge in [0.15, 0.2) is 0 Å². The summed E-state index contributed by atoms with van der Waals surface area (Å²) in [6.07, 6.45) is 0. The Morgan fingerprint density at radius 2 is 2.83 bits per heavy atom. The molecule has 0 aliphatic rings. The first-order valence-electron chi connectivity index (χ1n) is 2.02. The minimum atomic E-state index is -1.25. The van der Waals surface area contributed by atoms with Crippen molar-refractivity contribution in [3.63, 3.8) is 0 Å². The molecule has 0 aromatic heterocycles. The second kappa shape index (κ2) is 2.66. The fraction of sp³-hybridized carbons (Fsp3) is 0.667. The maximum absolute atomic E-state index is 9.98. The molecule has 0 rings (SSSR count). The van der Waals surface area contributed by atoms with Gasteiger partial charge in [0.1, 0.15) is 0 Å². The summed E-state index contributed by atoms with van der Waals surface area (Å²) in [6.45, 7) is -1.25. The Kier molecular flexibility index (Phi) is 1.60. The van der Waals surface area contributed by atoms with Crippen LogP contribution in [0.3, 0.4) is 0 Å². The lowest BCUT2D eigenvalue weighted by Crippen LogP contribution is -2.14. The molecule has 0 amide bonds. The summed E-state index contributed by atoms with van der Waals surface area (Å²) < 4.78 is 10.5.